The summed E-state index contributed by atoms with van der Waals surface area (Å²) < 4.78 is 36.4. The number of nitrogens with zero attached hydrogens (tertiary/aromatic N) is 8. The van der Waals surface area contributed by atoms with Gasteiger partial charge in [-0.25, -0.2) is 18.9 Å². The molecule has 0 bridgehead atoms. The molecule has 3 N–H and O–H groups in total. The predicted octanol–water partition coefficient (Wildman–Crippen LogP) is 10.1. The molecule has 0 radical (unpaired) electrons. The minimum Gasteiger partial charge on any atom is -0.388 e. The number of aliphatic hydroxyl groups is 1. The van der Waals surface area contributed by atoms with E-state index in [1.165, 1.54) is 9.13 Å². The van der Waals surface area contributed by atoms with Gasteiger partial charge in [-0.15, -0.1) is 0 Å². The molecule has 2 fully saturated rings. The first-order valence-electron chi connectivity index (χ1n) is 24.9. The van der Waals surface area contributed by atoms with Crippen molar-refractivity contribution in [3.63, 3.8) is 0 Å². The van der Waals surface area contributed by atoms with Crippen LogP contribution in [0, 0.1) is 48.3 Å². The largest absolute Gasteiger partial charge is 0.388 e. The number of aromatic nitrogens is 4. The van der Waals surface area contributed by atoms with Gasteiger partial charge in [0.25, 0.3) is 20.3 Å². The van der Waals surface area contributed by atoms with E-state index in [0.717, 1.165) is 0 Å². The van der Waals surface area contributed by atoms with E-state index >= 15 is 0 Å². The van der Waals surface area contributed by atoms with Crippen molar-refractivity contribution in [3.8, 4) is 12.1 Å². The van der Waals surface area contributed by atoms with Gasteiger partial charge in [-0.2, -0.15) is 20.5 Å². The molecule has 0 saturated carbocycles. The Morgan fingerprint density at radius 3 is 1.54 bits per heavy atom. The maximum atomic E-state index is 13.1. The van der Waals surface area contributed by atoms with Gasteiger partial charge in [-0.05, 0) is 105 Å². The van der Waals surface area contributed by atoms with Gasteiger partial charge in [0, 0.05) is 70.7 Å². The van der Waals surface area contributed by atoms with E-state index in [4.69, 9.17) is 44.8 Å². The Labute approximate surface area is 455 Å². The Balaban J connectivity index is 0.000000333. The maximum Gasteiger partial charge on any atom is 0.351 e. The fraction of sp³-hybridized carbons (Fsp3) is 0.547. The molecule has 2 aromatic carbocycles. The number of carbonyl (C=O) groups is 2. The van der Waals surface area contributed by atoms with E-state index in [2.05, 4.69) is 91.4 Å². The normalized spacial score (nSPS) is 19.8. The van der Waals surface area contributed by atoms with Crippen LogP contribution in [0.5, 0.6) is 0 Å². The quantitative estimate of drug-likeness (QED) is 0.0550. The number of ether oxygens (including phenoxy) is 2. The van der Waals surface area contributed by atoms with Crippen molar-refractivity contribution in [2.24, 2.45) is 11.8 Å². The summed E-state index contributed by atoms with van der Waals surface area (Å²) in [5.74, 6) is -0.353. The van der Waals surface area contributed by atoms with Crippen molar-refractivity contribution < 1.29 is 37.7 Å². The first kappa shape index (κ1) is 65.2. The van der Waals surface area contributed by atoms with Crippen LogP contribution in [-0.4, -0.2) is 108 Å². The number of aliphatic hydroxyl groups excluding tert-OH is 1. The number of anilines is 2. The molecule has 6 rings (SSSR count). The van der Waals surface area contributed by atoms with Gasteiger partial charge in [-0.1, -0.05) is 57.7 Å². The highest BCUT2D eigenvalue weighted by molar-refractivity contribution is 7.78. The number of rotatable bonds is 20. The molecule has 20 nitrogen and oxygen atoms in total. The van der Waals surface area contributed by atoms with Crippen molar-refractivity contribution >= 4 is 50.9 Å². The Kier molecular flexibility index (Phi) is 27.5. The summed E-state index contributed by atoms with van der Waals surface area (Å²) in [5, 5.41) is 32.8. The average molecular weight is 1110 g/mol. The molecule has 416 valence electrons. The van der Waals surface area contributed by atoms with Crippen LogP contribution in [0.1, 0.15) is 134 Å². The minimum absolute atomic E-state index is 0. The molecule has 23 heteroatoms. The minimum atomic E-state index is -1.52. The van der Waals surface area contributed by atoms with Crippen LogP contribution in [0.15, 0.2) is 82.6 Å². The third-order valence-corrected chi connectivity index (χ3v) is 16.3. The van der Waals surface area contributed by atoms with Crippen molar-refractivity contribution in [2.45, 2.75) is 152 Å². The number of hydrogen-bond donors (Lipinski definition) is 3. The lowest BCUT2D eigenvalue weighted by Crippen LogP contribution is -2.38. The number of aryl methyl sites for hydroxylation is 2. The monoisotopic (exact) mass is 1110 g/mol. The van der Waals surface area contributed by atoms with Gasteiger partial charge in [0.05, 0.1) is 51.4 Å². The molecule has 4 aromatic rings. The first-order chi connectivity index (χ1) is 35.6. The van der Waals surface area contributed by atoms with Gasteiger partial charge < -0.3 is 38.8 Å². The zero-order valence-electron chi connectivity index (χ0n) is 44.9. The smallest absolute Gasteiger partial charge is 0.351 e. The fourth-order valence-corrected chi connectivity index (χ4v) is 12.2. The number of nitrogens with one attached hydrogen (secondary N) is 2. The molecule has 2 amide bonds. The van der Waals surface area contributed by atoms with Crippen LogP contribution < -0.4 is 22.0 Å². The molecule has 8 atom stereocenters. The number of amides is 2. The summed E-state index contributed by atoms with van der Waals surface area (Å²) in [6, 6.07) is 22.6. The second-order valence-electron chi connectivity index (χ2n) is 19.1. The molecule has 2 aliphatic rings. The number of benzene rings is 2. The zero-order chi connectivity index (χ0) is 55.5. The lowest BCUT2D eigenvalue weighted by atomic mass is 10.1. The van der Waals surface area contributed by atoms with Crippen molar-refractivity contribution in [3.05, 3.63) is 116 Å². The summed E-state index contributed by atoms with van der Waals surface area (Å²) in [4.78, 5) is 58.2. The molecule has 4 heterocycles. The zero-order valence-corrected chi connectivity index (χ0v) is 47.5. The molecule has 2 aromatic heterocycles. The summed E-state index contributed by atoms with van der Waals surface area (Å²) in [6.07, 6.45) is 1.13. The van der Waals surface area contributed by atoms with Gasteiger partial charge >= 0.3 is 11.4 Å². The van der Waals surface area contributed by atoms with E-state index in [9.17, 15) is 24.3 Å². The second-order valence-corrected chi connectivity index (χ2v) is 22.6. The molecule has 2 saturated heterocycles. The Hall–Kier alpha value is -5.05. The fourth-order valence-electron chi connectivity index (χ4n) is 7.97. The molecule has 4 unspecified atom stereocenters. The Bertz CT molecular complexity index is 2640. The van der Waals surface area contributed by atoms with E-state index < -0.39 is 52.2 Å². The average Bonchev–Trinajstić information content (AvgIpc) is 3.89. The number of nitriles is 2. The van der Waals surface area contributed by atoms with Gasteiger partial charge in [-0.3, -0.25) is 18.7 Å². The van der Waals surface area contributed by atoms with Gasteiger partial charge in [0.15, 0.2) is 12.5 Å². The highest BCUT2D eigenvalue weighted by Gasteiger charge is 2.42. The van der Waals surface area contributed by atoms with Crippen LogP contribution in [0.3, 0.4) is 0 Å². The Morgan fingerprint density at radius 2 is 1.13 bits per heavy atom. The highest BCUT2D eigenvalue weighted by Crippen LogP contribution is 2.51. The molecular formula is C53H77ClN10O10P2. The van der Waals surface area contributed by atoms with Crippen LogP contribution >= 0.6 is 27.4 Å². The number of hydrogen-bond acceptors (Lipinski definition) is 16. The topological polar surface area (TPSA) is 248 Å². The van der Waals surface area contributed by atoms with Gasteiger partial charge in [0.2, 0.25) is 7.65 Å². The molecule has 76 heavy (non-hydrogen) atoms. The van der Waals surface area contributed by atoms with Crippen molar-refractivity contribution in [1.29, 1.82) is 10.5 Å². The van der Waals surface area contributed by atoms with Crippen LogP contribution in [0.25, 0.3) is 0 Å². The Morgan fingerprint density at radius 1 is 0.724 bits per heavy atom. The molecule has 0 aliphatic carbocycles. The molecule has 0 spiro atoms. The number of carbonyl (C=O) groups excluding carboxylic acids is 2. The lowest BCUT2D eigenvalue weighted by Gasteiger charge is -2.38. The predicted molar refractivity (Wildman–Crippen MR) is 297 cm³/mol. The van der Waals surface area contributed by atoms with Crippen LogP contribution in [0.4, 0.5) is 11.6 Å². The first-order valence-corrected chi connectivity index (χ1v) is 28.2. The van der Waals surface area contributed by atoms with E-state index in [0.29, 0.717) is 60.6 Å². The standard InChI is InChI=1S/C26H36N5O5P.C17H19N3O4.C9H18ClN2OP.CH4/c1-17(2)31(18(3)4)37(35-14-10-13-27)36-22-20(6)16-34-25(22)30-15-19(5)23(29-26(30)33)28-24(32)21-11-8-7-9-12-21;1-10-8-20(16-13(21)11(2)9-24-16)17(23)19-14(10)18-15(22)12-6-4-3-5-7-12;1-8(2)12(9(3)4)14(10)13-7-5-6-11;/h7-9,11-12,15,17-18,20,22,25H,10,14,16H2,1-6H3,(H,28,29,32,33);3-8,11,13,16,21H,9H2,1-2H3,(H,18,19,22,23);8-9H,5,7H2,1-4H3;1H4/t20?,22-,25+,37?;11?,13-,16+;;/m00../s1. The van der Waals surface area contributed by atoms with E-state index in [1.807, 2.05) is 32.0 Å². The van der Waals surface area contributed by atoms with E-state index in [1.54, 1.807) is 74.8 Å². The van der Waals surface area contributed by atoms with Crippen molar-refractivity contribution in [1.82, 2.24) is 28.4 Å². The SMILES string of the molecule is C.CC(C)N(C(C)C)P(Cl)OCCC#N.Cc1cn([C@@H]2OCC(C)[C@@H]2O)c(=O)nc1NC(=O)c1ccccc1.Cc1cn([C@@H]2OCC(C)[C@@H]2OP(OCCC#N)N(C(C)C)C(C)C)c(=O)nc1NC(=O)c1ccccc1. The molecular weight excluding hydrogens is 1030 g/mol. The van der Waals surface area contributed by atoms with Crippen molar-refractivity contribution in [2.75, 3.05) is 37.1 Å². The van der Waals surface area contributed by atoms with Crippen LogP contribution in [0.2, 0.25) is 0 Å². The number of halogens is 1. The summed E-state index contributed by atoms with van der Waals surface area (Å²) in [7, 11) is -2.60. The highest BCUT2D eigenvalue weighted by atomic mass is 35.7. The summed E-state index contributed by atoms with van der Waals surface area (Å²) >= 11 is 6.13. The van der Waals surface area contributed by atoms with Crippen LogP contribution in [-0.2, 0) is 23.0 Å². The van der Waals surface area contributed by atoms with E-state index in [-0.39, 0.29) is 67.8 Å². The lowest BCUT2D eigenvalue weighted by molar-refractivity contribution is -0.0140. The third-order valence-electron chi connectivity index (χ3n) is 11.7. The summed E-state index contributed by atoms with van der Waals surface area (Å²) in [5.41, 5.74) is 1.03. The van der Waals surface area contributed by atoms with Gasteiger partial charge in [0.1, 0.15) is 23.8 Å². The maximum absolute atomic E-state index is 13.1. The molecule has 2 aliphatic heterocycles. The second kappa shape index (κ2) is 32.0. The third kappa shape index (κ3) is 18.6. The summed E-state index contributed by atoms with van der Waals surface area (Å²) in [6.45, 7) is 25.4.